The molecule has 0 fully saturated rings. The van der Waals surface area contributed by atoms with Crippen LogP contribution in [0.1, 0.15) is 26.3 Å². The number of esters is 2. The van der Waals surface area contributed by atoms with Gasteiger partial charge in [0.15, 0.2) is 6.79 Å². The number of ether oxygens (including phenoxy) is 4. The van der Waals surface area contributed by atoms with Gasteiger partial charge in [0, 0.05) is 18.9 Å². The second kappa shape index (κ2) is 10.6. The van der Waals surface area contributed by atoms with E-state index in [1.165, 1.54) is 45.6 Å². The Hall–Kier alpha value is -3.65. The Balaban J connectivity index is 2.11. The summed E-state index contributed by atoms with van der Waals surface area (Å²) in [6.45, 7) is 0.149. The van der Waals surface area contributed by atoms with Gasteiger partial charge >= 0.3 is 11.9 Å². The second-order valence-corrected chi connectivity index (χ2v) is 5.72. The van der Waals surface area contributed by atoms with Crippen LogP contribution in [-0.4, -0.2) is 46.0 Å². The minimum atomic E-state index is -0.641. The second-order valence-electron chi connectivity index (χ2n) is 5.72. The SMILES string of the molecule is COCOc1ccc(/C=C/C(=O)Nc2cc(C(=O)OC)cc(C(=O)OC)c2)cc1. The molecule has 29 heavy (non-hydrogen) atoms. The highest BCUT2D eigenvalue weighted by Gasteiger charge is 2.14. The first kappa shape index (κ1) is 21.6. The molecule has 1 N–H and O–H groups in total. The van der Waals surface area contributed by atoms with Crippen molar-refractivity contribution in [3.05, 3.63) is 65.2 Å². The number of hydrogen-bond acceptors (Lipinski definition) is 7. The first-order valence-corrected chi connectivity index (χ1v) is 8.49. The zero-order valence-electron chi connectivity index (χ0n) is 16.3. The highest BCUT2D eigenvalue weighted by atomic mass is 16.7. The van der Waals surface area contributed by atoms with Crippen molar-refractivity contribution in [2.45, 2.75) is 0 Å². The van der Waals surface area contributed by atoms with Gasteiger partial charge in [-0.2, -0.15) is 0 Å². The largest absolute Gasteiger partial charge is 0.468 e. The van der Waals surface area contributed by atoms with Gasteiger partial charge in [0.1, 0.15) is 5.75 Å². The van der Waals surface area contributed by atoms with Gasteiger partial charge in [0.25, 0.3) is 0 Å². The molecule has 2 rings (SSSR count). The average molecular weight is 399 g/mol. The van der Waals surface area contributed by atoms with Crippen molar-refractivity contribution >= 4 is 29.6 Å². The summed E-state index contributed by atoms with van der Waals surface area (Å²) < 4.78 is 19.5. The van der Waals surface area contributed by atoms with Crippen LogP contribution in [0, 0.1) is 0 Å². The van der Waals surface area contributed by atoms with Gasteiger partial charge in [-0.05, 0) is 42.0 Å². The molecule has 0 atom stereocenters. The highest BCUT2D eigenvalue weighted by Crippen LogP contribution is 2.18. The molecule has 0 aliphatic heterocycles. The van der Waals surface area contributed by atoms with Crippen LogP contribution in [0.3, 0.4) is 0 Å². The minimum absolute atomic E-state index is 0.112. The number of benzene rings is 2. The number of rotatable bonds is 8. The lowest BCUT2D eigenvalue weighted by Crippen LogP contribution is -2.12. The van der Waals surface area contributed by atoms with Crippen LogP contribution in [0.2, 0.25) is 0 Å². The lowest BCUT2D eigenvalue weighted by Gasteiger charge is -2.08. The molecule has 0 saturated heterocycles. The fourth-order valence-electron chi connectivity index (χ4n) is 2.33. The Bertz CT molecular complexity index is 869. The molecule has 0 aliphatic rings. The molecule has 152 valence electrons. The minimum Gasteiger partial charge on any atom is -0.468 e. The van der Waals surface area contributed by atoms with Gasteiger partial charge in [0.2, 0.25) is 5.91 Å². The standard InChI is InChI=1S/C21H21NO7/c1-26-13-29-18-7-4-14(5-8-18)6-9-19(23)22-17-11-15(20(24)27-2)10-16(12-17)21(25)28-3/h4-12H,13H2,1-3H3,(H,22,23)/b9-6+. The molecule has 2 aromatic carbocycles. The van der Waals surface area contributed by atoms with Gasteiger partial charge in [-0.25, -0.2) is 9.59 Å². The van der Waals surface area contributed by atoms with Crippen LogP contribution < -0.4 is 10.1 Å². The summed E-state index contributed by atoms with van der Waals surface area (Å²) in [5.74, 6) is -1.08. The van der Waals surface area contributed by atoms with E-state index in [1.807, 2.05) is 0 Å². The van der Waals surface area contributed by atoms with Crippen molar-refractivity contribution in [2.75, 3.05) is 33.4 Å². The molecule has 0 radical (unpaired) electrons. The fraction of sp³-hybridized carbons (Fsp3) is 0.190. The summed E-state index contributed by atoms with van der Waals surface area (Å²) in [7, 11) is 3.98. The molecule has 0 bridgehead atoms. The molecule has 1 amide bonds. The zero-order chi connectivity index (χ0) is 21.2. The summed E-state index contributed by atoms with van der Waals surface area (Å²) >= 11 is 0. The molecule has 0 aromatic heterocycles. The number of anilines is 1. The Morgan fingerprint density at radius 1 is 0.897 bits per heavy atom. The first-order valence-electron chi connectivity index (χ1n) is 8.49. The van der Waals surface area contributed by atoms with E-state index < -0.39 is 17.8 Å². The highest BCUT2D eigenvalue weighted by molar-refractivity contribution is 6.04. The van der Waals surface area contributed by atoms with Crippen molar-refractivity contribution in [3.8, 4) is 5.75 Å². The van der Waals surface area contributed by atoms with Gasteiger partial charge < -0.3 is 24.3 Å². The van der Waals surface area contributed by atoms with Crippen LogP contribution in [0.4, 0.5) is 5.69 Å². The van der Waals surface area contributed by atoms with Crippen molar-refractivity contribution in [1.29, 1.82) is 0 Å². The summed E-state index contributed by atoms with van der Waals surface area (Å²) in [6, 6.07) is 11.2. The Labute approximate surface area is 168 Å². The predicted molar refractivity (Wildman–Crippen MR) is 106 cm³/mol. The summed E-state index contributed by atoms with van der Waals surface area (Å²) in [4.78, 5) is 35.8. The number of methoxy groups -OCH3 is 3. The number of carbonyl (C=O) groups is 3. The number of amides is 1. The van der Waals surface area contributed by atoms with Crippen LogP contribution in [-0.2, 0) is 19.0 Å². The topological polar surface area (TPSA) is 100 Å². The van der Waals surface area contributed by atoms with Gasteiger partial charge in [-0.15, -0.1) is 0 Å². The molecule has 0 saturated carbocycles. The lowest BCUT2D eigenvalue weighted by atomic mass is 10.1. The first-order chi connectivity index (χ1) is 14.0. The third kappa shape index (κ3) is 6.47. The quantitative estimate of drug-likeness (QED) is 0.414. The molecule has 0 unspecified atom stereocenters. The predicted octanol–water partition coefficient (Wildman–Crippen LogP) is 2.89. The van der Waals surface area contributed by atoms with E-state index in [1.54, 1.807) is 30.3 Å². The van der Waals surface area contributed by atoms with Crippen molar-refractivity contribution in [2.24, 2.45) is 0 Å². The smallest absolute Gasteiger partial charge is 0.337 e. The van der Waals surface area contributed by atoms with E-state index in [4.69, 9.17) is 9.47 Å². The van der Waals surface area contributed by atoms with Crippen molar-refractivity contribution < 1.29 is 33.3 Å². The molecule has 8 nitrogen and oxygen atoms in total. The maximum Gasteiger partial charge on any atom is 0.337 e. The van der Waals surface area contributed by atoms with E-state index in [0.717, 1.165) is 5.56 Å². The van der Waals surface area contributed by atoms with E-state index in [-0.39, 0.29) is 23.6 Å². The fourth-order valence-corrected chi connectivity index (χ4v) is 2.33. The zero-order valence-corrected chi connectivity index (χ0v) is 16.3. The maximum atomic E-state index is 12.2. The number of nitrogens with one attached hydrogen (secondary N) is 1. The van der Waals surface area contributed by atoms with E-state index in [2.05, 4.69) is 14.8 Å². The molecule has 0 aliphatic carbocycles. The number of hydrogen-bond donors (Lipinski definition) is 1. The van der Waals surface area contributed by atoms with Crippen molar-refractivity contribution in [1.82, 2.24) is 0 Å². The number of carbonyl (C=O) groups excluding carboxylic acids is 3. The normalized spacial score (nSPS) is 10.4. The van der Waals surface area contributed by atoms with E-state index in [9.17, 15) is 14.4 Å². The Morgan fingerprint density at radius 2 is 1.48 bits per heavy atom. The molecule has 2 aromatic rings. The van der Waals surface area contributed by atoms with Gasteiger partial charge in [-0.3, -0.25) is 4.79 Å². The van der Waals surface area contributed by atoms with Crippen LogP contribution in [0.25, 0.3) is 6.08 Å². The van der Waals surface area contributed by atoms with Gasteiger partial charge in [0.05, 0.1) is 25.3 Å². The molecule has 0 spiro atoms. The molecular weight excluding hydrogens is 378 g/mol. The monoisotopic (exact) mass is 399 g/mol. The lowest BCUT2D eigenvalue weighted by molar-refractivity contribution is -0.111. The summed E-state index contributed by atoms with van der Waals surface area (Å²) in [5.41, 5.74) is 1.26. The summed E-state index contributed by atoms with van der Waals surface area (Å²) in [5, 5.41) is 2.61. The van der Waals surface area contributed by atoms with E-state index >= 15 is 0 Å². The van der Waals surface area contributed by atoms with Crippen LogP contribution in [0.5, 0.6) is 5.75 Å². The van der Waals surface area contributed by atoms with E-state index in [0.29, 0.717) is 5.75 Å². The summed E-state index contributed by atoms with van der Waals surface area (Å²) in [6.07, 6.45) is 2.94. The Kier molecular flexibility index (Phi) is 7.93. The average Bonchev–Trinajstić information content (AvgIpc) is 2.75. The molecule has 8 heteroatoms. The van der Waals surface area contributed by atoms with Crippen molar-refractivity contribution in [3.63, 3.8) is 0 Å². The van der Waals surface area contributed by atoms with Crippen LogP contribution >= 0.6 is 0 Å². The maximum absolute atomic E-state index is 12.2. The third-order valence-electron chi connectivity index (χ3n) is 3.69. The third-order valence-corrected chi connectivity index (χ3v) is 3.69. The Morgan fingerprint density at radius 3 is 2.00 bits per heavy atom. The van der Waals surface area contributed by atoms with Gasteiger partial charge in [-0.1, -0.05) is 12.1 Å². The van der Waals surface area contributed by atoms with Crippen LogP contribution in [0.15, 0.2) is 48.5 Å². The molecular formula is C21H21NO7. The molecule has 0 heterocycles.